The Morgan fingerprint density at radius 2 is 1.79 bits per heavy atom. The average Bonchev–Trinajstić information content (AvgIpc) is 3.05. The van der Waals surface area contributed by atoms with Crippen LogP contribution in [0.5, 0.6) is 17.2 Å². The Labute approximate surface area is 193 Å². The van der Waals surface area contributed by atoms with Gasteiger partial charge in [-0.05, 0) is 18.6 Å². The lowest BCUT2D eigenvalue weighted by Gasteiger charge is -2.40. The zero-order chi connectivity index (χ0) is 24.5. The van der Waals surface area contributed by atoms with E-state index in [0.717, 1.165) is 4.57 Å². The number of phenolic OH excluding ortho intramolecular Hbond substituents is 1. The fourth-order valence-corrected chi connectivity index (χ4v) is 5.26. The van der Waals surface area contributed by atoms with Gasteiger partial charge >= 0.3 is 11.4 Å². The highest BCUT2D eigenvalue weighted by Crippen LogP contribution is 2.54. The number of methoxy groups -OCH3 is 2. The number of Topliss-reactive ketones (excluding diaryl/α,β-unsaturated/α-hetero) is 1. The molecule has 1 N–H and O–H groups in total. The predicted molar refractivity (Wildman–Crippen MR) is 120 cm³/mol. The molecule has 2 heterocycles. The third-order valence-corrected chi connectivity index (χ3v) is 6.86. The average molecular weight is 465 g/mol. The number of carbonyl (C=O) groups is 2. The number of hydrogen-bond acceptors (Lipinski definition) is 7. The van der Waals surface area contributed by atoms with Gasteiger partial charge in [-0.1, -0.05) is 6.08 Å². The Bertz CT molecular complexity index is 1500. The van der Waals surface area contributed by atoms with E-state index in [-0.39, 0.29) is 47.2 Å². The minimum atomic E-state index is -0.855. The normalized spacial score (nSPS) is 21.4. The van der Waals surface area contributed by atoms with Crippen molar-refractivity contribution in [3.63, 3.8) is 0 Å². The van der Waals surface area contributed by atoms with Crippen LogP contribution < -0.4 is 20.9 Å². The van der Waals surface area contributed by atoms with Crippen LogP contribution in [0, 0.1) is 0 Å². The SMILES string of the molecule is COc1cc(O)c([C@H]2C3=CCn4c(=O)n(C)c(=O)n4[C@@H]3CC3=C2C(=O)C=C(C)C3=O)c(OC)c1. The van der Waals surface area contributed by atoms with E-state index >= 15 is 0 Å². The van der Waals surface area contributed by atoms with Gasteiger partial charge in [-0.2, -0.15) is 0 Å². The summed E-state index contributed by atoms with van der Waals surface area (Å²) in [5, 5.41) is 11.0. The van der Waals surface area contributed by atoms with E-state index < -0.39 is 23.3 Å². The predicted octanol–water partition coefficient (Wildman–Crippen LogP) is 1.13. The second-order valence-corrected chi connectivity index (χ2v) is 8.58. The van der Waals surface area contributed by atoms with Crippen molar-refractivity contribution in [3.8, 4) is 17.2 Å². The summed E-state index contributed by atoms with van der Waals surface area (Å²) in [5.74, 6) is -1.04. The third-order valence-electron chi connectivity index (χ3n) is 6.86. The summed E-state index contributed by atoms with van der Waals surface area (Å²) >= 11 is 0. The molecule has 10 nitrogen and oxygen atoms in total. The number of rotatable bonds is 3. The Kier molecular flexibility index (Phi) is 4.78. The van der Waals surface area contributed by atoms with Crippen LogP contribution in [0.1, 0.15) is 30.9 Å². The molecule has 0 saturated carbocycles. The quantitative estimate of drug-likeness (QED) is 0.533. The molecule has 2 atom stereocenters. The molecule has 0 unspecified atom stereocenters. The smallest absolute Gasteiger partial charge is 0.347 e. The van der Waals surface area contributed by atoms with E-state index in [1.54, 1.807) is 19.1 Å². The molecule has 0 radical (unpaired) electrons. The molecule has 1 aromatic heterocycles. The number of carbonyl (C=O) groups excluding carboxylic acids is 2. The fourth-order valence-electron chi connectivity index (χ4n) is 5.26. The van der Waals surface area contributed by atoms with Gasteiger partial charge in [0.2, 0.25) is 0 Å². The van der Waals surface area contributed by atoms with Gasteiger partial charge in [0, 0.05) is 53.8 Å². The lowest BCUT2D eigenvalue weighted by atomic mass is 9.67. The van der Waals surface area contributed by atoms with Crippen molar-refractivity contribution >= 4 is 11.6 Å². The highest BCUT2D eigenvalue weighted by atomic mass is 16.5. The van der Waals surface area contributed by atoms with Crippen LogP contribution >= 0.6 is 0 Å². The van der Waals surface area contributed by atoms with Crippen molar-refractivity contribution in [1.82, 2.24) is 13.9 Å². The standard InChI is InChI=1S/C24H23N3O7/c1-11-7-16(28)19-14(22(11)30)10-15-13(5-6-26-23(31)25(2)24(32)27(15)26)20(19)21-17(29)8-12(33-3)9-18(21)34-4/h5,7-9,15,20,29H,6,10H2,1-4H3/t15-,20+/m1/s1. The molecule has 1 aliphatic heterocycles. The summed E-state index contributed by atoms with van der Waals surface area (Å²) in [7, 11) is 4.28. The van der Waals surface area contributed by atoms with Gasteiger partial charge in [0.1, 0.15) is 17.2 Å². The van der Waals surface area contributed by atoms with Crippen LogP contribution in [0.2, 0.25) is 0 Å². The molecule has 0 spiro atoms. The van der Waals surface area contributed by atoms with Crippen LogP contribution in [0.25, 0.3) is 0 Å². The molecule has 1 aromatic carbocycles. The van der Waals surface area contributed by atoms with Gasteiger partial charge in [0.15, 0.2) is 11.6 Å². The highest BCUT2D eigenvalue weighted by molar-refractivity contribution is 6.23. The van der Waals surface area contributed by atoms with Crippen molar-refractivity contribution in [2.45, 2.75) is 31.8 Å². The molecular formula is C24H23N3O7. The van der Waals surface area contributed by atoms with Crippen molar-refractivity contribution in [1.29, 1.82) is 0 Å². The fraction of sp³-hybridized carbons (Fsp3) is 0.333. The number of nitrogens with zero attached hydrogens (tertiary/aromatic N) is 3. The summed E-state index contributed by atoms with van der Waals surface area (Å²) in [6.45, 7) is 1.68. The summed E-state index contributed by atoms with van der Waals surface area (Å²) in [4.78, 5) is 52.0. The van der Waals surface area contributed by atoms with Crippen LogP contribution in [0.3, 0.4) is 0 Å². The number of fused-ring (bicyclic) bond motifs is 3. The number of aromatic nitrogens is 3. The second kappa shape index (κ2) is 7.47. The highest BCUT2D eigenvalue weighted by Gasteiger charge is 2.46. The molecule has 2 aromatic rings. The maximum Gasteiger partial charge on any atom is 0.347 e. The molecule has 0 fully saturated rings. The number of benzene rings is 1. The number of phenols is 1. The van der Waals surface area contributed by atoms with Crippen molar-refractivity contribution in [3.05, 3.63) is 73.1 Å². The van der Waals surface area contributed by atoms with Crippen molar-refractivity contribution < 1.29 is 24.2 Å². The number of ether oxygens (including phenoxy) is 2. The molecule has 3 aliphatic rings. The van der Waals surface area contributed by atoms with E-state index in [4.69, 9.17) is 9.47 Å². The largest absolute Gasteiger partial charge is 0.507 e. The Morgan fingerprint density at radius 1 is 1.06 bits per heavy atom. The minimum Gasteiger partial charge on any atom is -0.507 e. The lowest BCUT2D eigenvalue weighted by Crippen LogP contribution is -2.40. The van der Waals surface area contributed by atoms with Gasteiger partial charge in [-0.25, -0.2) is 23.5 Å². The van der Waals surface area contributed by atoms with Gasteiger partial charge in [-0.15, -0.1) is 0 Å². The molecule has 0 saturated heterocycles. The number of ketones is 2. The van der Waals surface area contributed by atoms with E-state index in [0.29, 0.717) is 22.5 Å². The molecule has 176 valence electrons. The second-order valence-electron chi connectivity index (χ2n) is 8.58. The van der Waals surface area contributed by atoms with E-state index in [2.05, 4.69) is 0 Å². The van der Waals surface area contributed by atoms with Gasteiger partial charge < -0.3 is 14.6 Å². The van der Waals surface area contributed by atoms with E-state index in [9.17, 15) is 24.3 Å². The lowest BCUT2D eigenvalue weighted by molar-refractivity contribution is -0.116. The Morgan fingerprint density at radius 3 is 2.47 bits per heavy atom. The molecule has 5 rings (SSSR count). The van der Waals surface area contributed by atoms with Crippen molar-refractivity contribution in [2.75, 3.05) is 14.2 Å². The molecule has 2 aliphatic carbocycles. The van der Waals surface area contributed by atoms with Crippen LogP contribution in [0.15, 0.2) is 56.2 Å². The summed E-state index contributed by atoms with van der Waals surface area (Å²) in [5.41, 5.74) is 0.761. The Balaban J connectivity index is 1.83. The summed E-state index contributed by atoms with van der Waals surface area (Å²) in [6.07, 6.45) is 3.16. The molecular weight excluding hydrogens is 442 g/mol. The molecule has 10 heteroatoms. The third kappa shape index (κ3) is 2.81. The van der Waals surface area contributed by atoms with Crippen LogP contribution in [-0.4, -0.2) is 44.8 Å². The van der Waals surface area contributed by atoms with E-state index in [1.807, 2.05) is 0 Å². The first-order valence-corrected chi connectivity index (χ1v) is 10.7. The number of allylic oxidation sites excluding steroid dienone is 6. The Hall–Kier alpha value is -4.08. The maximum absolute atomic E-state index is 13.3. The zero-order valence-electron chi connectivity index (χ0n) is 19.1. The topological polar surface area (TPSA) is 122 Å². The summed E-state index contributed by atoms with van der Waals surface area (Å²) in [6, 6.07) is 2.31. The summed E-state index contributed by atoms with van der Waals surface area (Å²) < 4.78 is 14.5. The molecule has 0 bridgehead atoms. The van der Waals surface area contributed by atoms with Crippen LogP contribution in [0.4, 0.5) is 0 Å². The van der Waals surface area contributed by atoms with Gasteiger partial charge in [0.05, 0.1) is 26.8 Å². The van der Waals surface area contributed by atoms with Crippen LogP contribution in [-0.2, 0) is 23.2 Å². The maximum atomic E-state index is 13.3. The first-order chi connectivity index (χ1) is 16.2. The number of aromatic hydroxyl groups is 1. The molecule has 34 heavy (non-hydrogen) atoms. The monoisotopic (exact) mass is 465 g/mol. The first kappa shape index (κ1) is 21.7. The molecule has 0 amide bonds. The van der Waals surface area contributed by atoms with E-state index in [1.165, 1.54) is 42.8 Å². The number of hydrogen-bond donors (Lipinski definition) is 1. The zero-order valence-corrected chi connectivity index (χ0v) is 19.1. The van der Waals surface area contributed by atoms with Crippen molar-refractivity contribution in [2.24, 2.45) is 7.05 Å². The first-order valence-electron chi connectivity index (χ1n) is 10.7. The van der Waals surface area contributed by atoms with Gasteiger partial charge in [-0.3, -0.25) is 9.59 Å². The van der Waals surface area contributed by atoms with Gasteiger partial charge in [0.25, 0.3) is 0 Å². The minimum absolute atomic E-state index is 0.0794.